The molecule has 0 unspecified atom stereocenters. The van der Waals surface area contributed by atoms with E-state index in [1.165, 1.54) is 5.56 Å². The van der Waals surface area contributed by atoms with Gasteiger partial charge in [-0.1, -0.05) is 47.5 Å². The molecule has 0 bridgehead atoms. The molecule has 2 rings (SSSR count). The van der Waals surface area contributed by atoms with E-state index < -0.39 is 0 Å². The van der Waals surface area contributed by atoms with Crippen LogP contribution in [0.15, 0.2) is 42.5 Å². The van der Waals surface area contributed by atoms with Crippen molar-refractivity contribution in [3.8, 4) is 5.75 Å². The van der Waals surface area contributed by atoms with E-state index in [0.29, 0.717) is 10.0 Å². The normalized spacial score (nSPS) is 10.6. The third-order valence-electron chi connectivity index (χ3n) is 3.10. The fraction of sp³-hybridized carbons (Fsp3) is 0.250. The summed E-state index contributed by atoms with van der Waals surface area (Å²) in [6.07, 6.45) is 0.960. The maximum Gasteiger partial charge on any atom is 0.118 e. The van der Waals surface area contributed by atoms with Crippen molar-refractivity contribution in [2.75, 3.05) is 13.7 Å². The second-order valence-electron chi connectivity index (χ2n) is 4.49. The molecule has 2 aromatic rings. The van der Waals surface area contributed by atoms with Crippen molar-refractivity contribution in [1.29, 1.82) is 0 Å². The molecule has 106 valence electrons. The Morgan fingerprint density at radius 2 is 1.80 bits per heavy atom. The maximum absolute atomic E-state index is 6.14. The molecule has 2 nitrogen and oxygen atoms in total. The molecule has 0 aromatic heterocycles. The summed E-state index contributed by atoms with van der Waals surface area (Å²) in [6.45, 7) is 1.60. The quantitative estimate of drug-likeness (QED) is 0.802. The van der Waals surface area contributed by atoms with Crippen LogP contribution in [0.3, 0.4) is 0 Å². The van der Waals surface area contributed by atoms with Gasteiger partial charge in [-0.15, -0.1) is 0 Å². The van der Waals surface area contributed by atoms with E-state index >= 15 is 0 Å². The first kappa shape index (κ1) is 15.2. The minimum absolute atomic E-state index is 0.598. The fourth-order valence-corrected chi connectivity index (χ4v) is 2.32. The molecule has 4 heteroatoms. The van der Waals surface area contributed by atoms with Crippen LogP contribution in [0.5, 0.6) is 5.75 Å². The topological polar surface area (TPSA) is 21.3 Å². The summed E-state index contributed by atoms with van der Waals surface area (Å²) in [5.74, 6) is 0.882. The molecule has 0 amide bonds. The van der Waals surface area contributed by atoms with Gasteiger partial charge in [-0.2, -0.15) is 0 Å². The Hall–Kier alpha value is -1.22. The van der Waals surface area contributed by atoms with Crippen LogP contribution in [-0.2, 0) is 13.0 Å². The molecule has 0 aliphatic heterocycles. The zero-order chi connectivity index (χ0) is 14.4. The van der Waals surface area contributed by atoms with E-state index in [-0.39, 0.29) is 0 Å². The molecule has 0 heterocycles. The van der Waals surface area contributed by atoms with Gasteiger partial charge in [-0.25, -0.2) is 0 Å². The summed E-state index contributed by atoms with van der Waals surface area (Å²) in [4.78, 5) is 0. The van der Waals surface area contributed by atoms with Gasteiger partial charge in [0.05, 0.1) is 17.2 Å². The summed E-state index contributed by atoms with van der Waals surface area (Å²) in [7, 11) is 1.67. The number of benzene rings is 2. The number of methoxy groups -OCH3 is 1. The fourth-order valence-electron chi connectivity index (χ4n) is 1.93. The molecule has 0 saturated carbocycles. The van der Waals surface area contributed by atoms with E-state index in [4.69, 9.17) is 27.9 Å². The van der Waals surface area contributed by atoms with Crippen molar-refractivity contribution in [3.05, 3.63) is 63.6 Å². The van der Waals surface area contributed by atoms with Crippen molar-refractivity contribution < 1.29 is 4.74 Å². The van der Waals surface area contributed by atoms with Crippen LogP contribution in [0.2, 0.25) is 10.0 Å². The molecular formula is C16H17Cl2NO. The summed E-state index contributed by atoms with van der Waals surface area (Å²) >= 11 is 12.1. The number of ether oxygens (including phenoxy) is 1. The predicted octanol–water partition coefficient (Wildman–Crippen LogP) is 4.33. The Labute approximate surface area is 129 Å². The van der Waals surface area contributed by atoms with Gasteiger partial charge >= 0.3 is 0 Å². The first-order chi connectivity index (χ1) is 9.70. The second-order valence-corrected chi connectivity index (χ2v) is 5.27. The van der Waals surface area contributed by atoms with Gasteiger partial charge in [0.25, 0.3) is 0 Å². The van der Waals surface area contributed by atoms with Gasteiger partial charge in [-0.05, 0) is 42.3 Å². The molecule has 0 spiro atoms. The lowest BCUT2D eigenvalue weighted by molar-refractivity contribution is 0.414. The van der Waals surface area contributed by atoms with Crippen molar-refractivity contribution in [1.82, 2.24) is 5.32 Å². The van der Waals surface area contributed by atoms with Gasteiger partial charge in [0.1, 0.15) is 5.75 Å². The monoisotopic (exact) mass is 309 g/mol. The molecule has 0 aliphatic rings. The highest BCUT2D eigenvalue weighted by Crippen LogP contribution is 2.25. The van der Waals surface area contributed by atoms with E-state index in [0.717, 1.165) is 30.8 Å². The minimum atomic E-state index is 0.598. The number of halogens is 2. The highest BCUT2D eigenvalue weighted by atomic mass is 35.5. The summed E-state index contributed by atoms with van der Waals surface area (Å²) in [5, 5.41) is 4.60. The van der Waals surface area contributed by atoms with Gasteiger partial charge in [0, 0.05) is 6.54 Å². The Kier molecular flexibility index (Phi) is 5.72. The van der Waals surface area contributed by atoms with Crippen LogP contribution in [0, 0.1) is 0 Å². The molecule has 0 atom stereocenters. The van der Waals surface area contributed by atoms with E-state index in [1.807, 2.05) is 24.3 Å². The lowest BCUT2D eigenvalue weighted by atomic mass is 10.1. The largest absolute Gasteiger partial charge is 0.497 e. The minimum Gasteiger partial charge on any atom is -0.497 e. The van der Waals surface area contributed by atoms with Gasteiger partial charge in [0.15, 0.2) is 0 Å². The second kappa shape index (κ2) is 7.53. The molecule has 0 aliphatic carbocycles. The molecule has 0 fully saturated rings. The maximum atomic E-state index is 6.14. The summed E-state index contributed by atoms with van der Waals surface area (Å²) in [6, 6.07) is 13.8. The van der Waals surface area contributed by atoms with E-state index in [9.17, 15) is 0 Å². The van der Waals surface area contributed by atoms with Crippen molar-refractivity contribution in [2.24, 2.45) is 0 Å². The van der Waals surface area contributed by atoms with Crippen LogP contribution >= 0.6 is 23.2 Å². The molecular weight excluding hydrogens is 293 g/mol. The van der Waals surface area contributed by atoms with Crippen molar-refractivity contribution in [3.63, 3.8) is 0 Å². The van der Waals surface area contributed by atoms with E-state index in [1.54, 1.807) is 13.2 Å². The van der Waals surface area contributed by atoms with Gasteiger partial charge in [-0.3, -0.25) is 0 Å². The van der Waals surface area contributed by atoms with E-state index in [2.05, 4.69) is 17.4 Å². The molecule has 2 aromatic carbocycles. The van der Waals surface area contributed by atoms with Gasteiger partial charge in [0.2, 0.25) is 0 Å². The summed E-state index contributed by atoms with van der Waals surface area (Å²) in [5.41, 5.74) is 2.30. The lowest BCUT2D eigenvalue weighted by Gasteiger charge is -2.08. The summed E-state index contributed by atoms with van der Waals surface area (Å²) < 4.78 is 5.13. The molecule has 0 radical (unpaired) electrons. The highest BCUT2D eigenvalue weighted by molar-refractivity contribution is 6.42. The third-order valence-corrected chi connectivity index (χ3v) is 3.95. The Morgan fingerprint density at radius 3 is 2.50 bits per heavy atom. The number of hydrogen-bond donors (Lipinski definition) is 1. The lowest BCUT2D eigenvalue weighted by Crippen LogP contribution is -2.16. The number of hydrogen-bond acceptors (Lipinski definition) is 2. The Bertz CT molecular complexity index is 555. The Morgan fingerprint density at radius 1 is 1.05 bits per heavy atom. The zero-order valence-corrected chi connectivity index (χ0v) is 12.8. The molecule has 0 saturated heterocycles. The van der Waals surface area contributed by atoms with Crippen LogP contribution in [0.25, 0.3) is 0 Å². The first-order valence-electron chi connectivity index (χ1n) is 6.47. The van der Waals surface area contributed by atoms with Crippen LogP contribution in [0.4, 0.5) is 0 Å². The van der Waals surface area contributed by atoms with Gasteiger partial charge < -0.3 is 10.1 Å². The predicted molar refractivity (Wildman–Crippen MR) is 84.9 cm³/mol. The molecule has 1 N–H and O–H groups in total. The molecule has 20 heavy (non-hydrogen) atoms. The number of nitrogens with one attached hydrogen (secondary N) is 1. The Balaban J connectivity index is 1.80. The third kappa shape index (κ3) is 4.14. The number of rotatable bonds is 6. The standard InChI is InChI=1S/C16H17Cl2NO/c1-20-14-7-5-12(6-8-14)9-10-19-11-13-3-2-4-15(17)16(13)18/h2-8,19H,9-11H2,1H3. The van der Waals surface area contributed by atoms with Crippen LogP contribution < -0.4 is 10.1 Å². The average Bonchev–Trinajstić information content (AvgIpc) is 2.48. The average molecular weight is 310 g/mol. The first-order valence-corrected chi connectivity index (χ1v) is 7.23. The van der Waals surface area contributed by atoms with Crippen molar-refractivity contribution >= 4 is 23.2 Å². The zero-order valence-electron chi connectivity index (χ0n) is 11.3. The highest BCUT2D eigenvalue weighted by Gasteiger charge is 2.03. The SMILES string of the molecule is COc1ccc(CCNCc2cccc(Cl)c2Cl)cc1. The van der Waals surface area contributed by atoms with Crippen LogP contribution in [-0.4, -0.2) is 13.7 Å². The van der Waals surface area contributed by atoms with Crippen LogP contribution in [0.1, 0.15) is 11.1 Å². The van der Waals surface area contributed by atoms with Crippen molar-refractivity contribution in [2.45, 2.75) is 13.0 Å². The smallest absolute Gasteiger partial charge is 0.118 e.